The van der Waals surface area contributed by atoms with Gasteiger partial charge in [0, 0.05) is 17.8 Å². The Balaban J connectivity index is 1.82. The van der Waals surface area contributed by atoms with E-state index in [-0.39, 0.29) is 17.7 Å². The predicted octanol–water partition coefficient (Wildman–Crippen LogP) is 3.42. The zero-order chi connectivity index (χ0) is 17.8. The van der Waals surface area contributed by atoms with Crippen molar-refractivity contribution in [3.63, 3.8) is 0 Å². The summed E-state index contributed by atoms with van der Waals surface area (Å²) in [6.45, 7) is 4.72. The van der Waals surface area contributed by atoms with E-state index in [1.165, 1.54) is 5.56 Å². The molecule has 130 valence electrons. The minimum absolute atomic E-state index is 0.0245. The van der Waals surface area contributed by atoms with Crippen molar-refractivity contribution in [1.29, 1.82) is 0 Å². The molecule has 25 heavy (non-hydrogen) atoms. The average Bonchev–Trinajstić information content (AvgIpc) is 3.09. The number of carbonyl (C=O) groups excluding carboxylic acids is 2. The Bertz CT molecular complexity index is 758. The average molecular weight is 336 g/mol. The molecule has 0 aliphatic carbocycles. The fourth-order valence-electron chi connectivity index (χ4n) is 3.23. The molecule has 4 heteroatoms. The molecular weight excluding hydrogens is 312 g/mol. The van der Waals surface area contributed by atoms with Crippen molar-refractivity contribution in [3.05, 3.63) is 65.7 Å². The highest BCUT2D eigenvalue weighted by atomic mass is 16.2. The van der Waals surface area contributed by atoms with E-state index in [4.69, 9.17) is 0 Å². The fourth-order valence-corrected chi connectivity index (χ4v) is 3.23. The topological polar surface area (TPSA) is 49.4 Å². The van der Waals surface area contributed by atoms with E-state index in [9.17, 15) is 9.59 Å². The molecule has 3 rings (SSSR count). The molecule has 0 spiro atoms. The van der Waals surface area contributed by atoms with Crippen molar-refractivity contribution in [2.75, 3.05) is 11.4 Å². The van der Waals surface area contributed by atoms with Crippen LogP contribution in [0.5, 0.6) is 0 Å². The van der Waals surface area contributed by atoms with Crippen LogP contribution in [0, 0.1) is 5.92 Å². The van der Waals surface area contributed by atoms with Gasteiger partial charge in [-0.2, -0.15) is 0 Å². The molecule has 2 amide bonds. The molecule has 0 bridgehead atoms. The first-order chi connectivity index (χ1) is 12.1. The first-order valence-electron chi connectivity index (χ1n) is 8.87. The number of hydrogen-bond donors (Lipinski definition) is 1. The number of hydrogen-bond acceptors (Lipinski definition) is 2. The summed E-state index contributed by atoms with van der Waals surface area (Å²) in [7, 11) is 0. The summed E-state index contributed by atoms with van der Waals surface area (Å²) in [5.41, 5.74) is 2.73. The molecule has 0 saturated heterocycles. The van der Waals surface area contributed by atoms with E-state index >= 15 is 0 Å². The smallest absolute Gasteiger partial charge is 0.251 e. The zero-order valence-corrected chi connectivity index (χ0v) is 14.7. The molecule has 2 aromatic rings. The lowest BCUT2D eigenvalue weighted by molar-refractivity contribution is -0.121. The molecule has 1 aliphatic rings. The third-order valence-electron chi connectivity index (χ3n) is 4.95. The third kappa shape index (κ3) is 3.58. The molecule has 0 fully saturated rings. The molecule has 0 saturated carbocycles. The summed E-state index contributed by atoms with van der Waals surface area (Å²) in [5.74, 6) is -0.164. The number of nitrogens with one attached hydrogen (secondary N) is 1. The summed E-state index contributed by atoms with van der Waals surface area (Å²) in [4.78, 5) is 27.6. The molecule has 0 unspecified atom stereocenters. The molecular formula is C21H24N2O2. The summed E-state index contributed by atoms with van der Waals surface area (Å²) in [6, 6.07) is 16.5. The van der Waals surface area contributed by atoms with Crippen LogP contribution < -0.4 is 10.2 Å². The van der Waals surface area contributed by atoms with E-state index in [1.54, 1.807) is 12.1 Å². The van der Waals surface area contributed by atoms with Crippen molar-refractivity contribution in [3.8, 4) is 0 Å². The first-order valence-corrected chi connectivity index (χ1v) is 8.87. The van der Waals surface area contributed by atoms with E-state index in [0.717, 1.165) is 18.5 Å². The number of para-hydroxylation sites is 1. The number of nitrogens with zero attached hydrogens (tertiary/aromatic N) is 1. The van der Waals surface area contributed by atoms with Gasteiger partial charge in [-0.15, -0.1) is 0 Å². The minimum Gasteiger partial charge on any atom is -0.340 e. The standard InChI is InChI=1S/C21H24N2O2/c1-3-15(2)19(22-20(24)17-10-5-4-6-11-17)21(25)23-14-13-16-9-7-8-12-18(16)23/h4-12,15,19H,3,13-14H2,1-2H3,(H,22,24)/t15-,19-/m1/s1. The van der Waals surface area contributed by atoms with E-state index in [0.29, 0.717) is 12.1 Å². The highest BCUT2D eigenvalue weighted by Gasteiger charge is 2.33. The number of carbonyl (C=O) groups is 2. The Morgan fingerprint density at radius 3 is 2.48 bits per heavy atom. The van der Waals surface area contributed by atoms with Gasteiger partial charge in [0.1, 0.15) is 6.04 Å². The number of amides is 2. The van der Waals surface area contributed by atoms with Gasteiger partial charge >= 0.3 is 0 Å². The van der Waals surface area contributed by atoms with Gasteiger partial charge in [0.15, 0.2) is 0 Å². The largest absolute Gasteiger partial charge is 0.340 e. The minimum atomic E-state index is -0.524. The Morgan fingerprint density at radius 2 is 1.76 bits per heavy atom. The quantitative estimate of drug-likeness (QED) is 0.909. The van der Waals surface area contributed by atoms with Crippen molar-refractivity contribution in [2.45, 2.75) is 32.7 Å². The summed E-state index contributed by atoms with van der Waals surface area (Å²) >= 11 is 0. The first kappa shape index (κ1) is 17.2. The number of benzene rings is 2. The molecule has 1 heterocycles. The monoisotopic (exact) mass is 336 g/mol. The Labute approximate surface area is 148 Å². The predicted molar refractivity (Wildman–Crippen MR) is 99.7 cm³/mol. The molecule has 0 radical (unpaired) electrons. The maximum atomic E-state index is 13.2. The van der Waals surface area contributed by atoms with Crippen LogP contribution in [-0.4, -0.2) is 24.4 Å². The van der Waals surface area contributed by atoms with Crippen LogP contribution in [0.4, 0.5) is 5.69 Å². The second-order valence-corrected chi connectivity index (χ2v) is 6.57. The summed E-state index contributed by atoms with van der Waals surface area (Å²) < 4.78 is 0. The van der Waals surface area contributed by atoms with E-state index in [1.807, 2.05) is 55.1 Å². The van der Waals surface area contributed by atoms with E-state index < -0.39 is 6.04 Å². The summed E-state index contributed by atoms with van der Waals surface area (Å²) in [6.07, 6.45) is 1.68. The second-order valence-electron chi connectivity index (χ2n) is 6.57. The van der Waals surface area contributed by atoms with Crippen molar-refractivity contribution in [2.24, 2.45) is 5.92 Å². The van der Waals surface area contributed by atoms with Crippen LogP contribution >= 0.6 is 0 Å². The van der Waals surface area contributed by atoms with Gasteiger partial charge in [0.2, 0.25) is 5.91 Å². The van der Waals surface area contributed by atoms with Gasteiger partial charge in [-0.3, -0.25) is 9.59 Å². The van der Waals surface area contributed by atoms with Crippen LogP contribution in [0.15, 0.2) is 54.6 Å². The Kier molecular flexibility index (Phi) is 5.17. The van der Waals surface area contributed by atoms with Gasteiger partial charge in [-0.1, -0.05) is 56.7 Å². The van der Waals surface area contributed by atoms with Crippen molar-refractivity contribution < 1.29 is 9.59 Å². The van der Waals surface area contributed by atoms with Crippen LogP contribution in [0.1, 0.15) is 36.2 Å². The fraction of sp³-hybridized carbons (Fsp3) is 0.333. The normalized spacial score (nSPS) is 15.4. The molecule has 2 atom stereocenters. The van der Waals surface area contributed by atoms with E-state index in [2.05, 4.69) is 11.4 Å². The van der Waals surface area contributed by atoms with Gasteiger partial charge in [0.05, 0.1) is 0 Å². The lowest BCUT2D eigenvalue weighted by atomic mass is 9.97. The van der Waals surface area contributed by atoms with Crippen LogP contribution in [-0.2, 0) is 11.2 Å². The van der Waals surface area contributed by atoms with Crippen molar-refractivity contribution >= 4 is 17.5 Å². The lowest BCUT2D eigenvalue weighted by Crippen LogP contribution is -2.51. The molecule has 2 aromatic carbocycles. The second kappa shape index (κ2) is 7.51. The molecule has 1 N–H and O–H groups in total. The van der Waals surface area contributed by atoms with Crippen molar-refractivity contribution in [1.82, 2.24) is 5.32 Å². The van der Waals surface area contributed by atoms with Gasteiger partial charge in [-0.05, 0) is 36.1 Å². The maximum absolute atomic E-state index is 13.2. The van der Waals surface area contributed by atoms with Gasteiger partial charge in [-0.25, -0.2) is 0 Å². The SMILES string of the molecule is CC[C@@H](C)[C@@H](NC(=O)c1ccccc1)C(=O)N1CCc2ccccc21. The Morgan fingerprint density at radius 1 is 1.08 bits per heavy atom. The maximum Gasteiger partial charge on any atom is 0.251 e. The number of fused-ring (bicyclic) bond motifs is 1. The zero-order valence-electron chi connectivity index (χ0n) is 14.7. The van der Waals surface area contributed by atoms with Crippen LogP contribution in [0.25, 0.3) is 0 Å². The van der Waals surface area contributed by atoms with Crippen LogP contribution in [0.2, 0.25) is 0 Å². The molecule has 0 aromatic heterocycles. The summed E-state index contributed by atoms with van der Waals surface area (Å²) in [5, 5.41) is 2.96. The lowest BCUT2D eigenvalue weighted by Gasteiger charge is -2.28. The molecule has 1 aliphatic heterocycles. The van der Waals surface area contributed by atoms with Crippen LogP contribution in [0.3, 0.4) is 0 Å². The highest BCUT2D eigenvalue weighted by Crippen LogP contribution is 2.29. The molecule has 4 nitrogen and oxygen atoms in total. The Hall–Kier alpha value is -2.62. The number of anilines is 1. The third-order valence-corrected chi connectivity index (χ3v) is 4.95. The number of rotatable bonds is 5. The van der Waals surface area contributed by atoms with Gasteiger partial charge in [0.25, 0.3) is 5.91 Å². The highest BCUT2D eigenvalue weighted by molar-refractivity contribution is 6.03. The van der Waals surface area contributed by atoms with Gasteiger partial charge < -0.3 is 10.2 Å².